The van der Waals surface area contributed by atoms with E-state index in [0.29, 0.717) is 5.69 Å². The van der Waals surface area contributed by atoms with Gasteiger partial charge in [-0.1, -0.05) is 42.5 Å². The van der Waals surface area contributed by atoms with Crippen molar-refractivity contribution in [2.45, 2.75) is 32.4 Å². The smallest absolute Gasteiger partial charge is 0.407 e. The quantitative estimate of drug-likeness (QED) is 0.619. The molecule has 146 valence electrons. The van der Waals surface area contributed by atoms with Crippen molar-refractivity contribution in [1.29, 1.82) is 0 Å². The summed E-state index contributed by atoms with van der Waals surface area (Å²) in [5.74, 6) is 0. The number of hydroxylamine groups is 1. The fourth-order valence-corrected chi connectivity index (χ4v) is 2.97. The number of rotatable bonds is 5. The number of alkyl carbamates (subject to hydrolysis) is 1. The number of carbonyl (C=O) groups excluding carboxylic acids is 1. The highest BCUT2D eigenvalue weighted by molar-refractivity contribution is 5.84. The predicted molar refractivity (Wildman–Crippen MR) is 110 cm³/mol. The topological polar surface area (TPSA) is 78.2 Å². The van der Waals surface area contributed by atoms with Crippen molar-refractivity contribution in [3.63, 3.8) is 0 Å². The summed E-state index contributed by atoms with van der Waals surface area (Å²) in [6.07, 6.45) is 2.85. The third-order valence-electron chi connectivity index (χ3n) is 4.19. The second kappa shape index (κ2) is 8.37. The zero-order chi connectivity index (χ0) is 20.1. The Morgan fingerprint density at radius 3 is 2.57 bits per heavy atom. The molecule has 0 bridgehead atoms. The number of ether oxygens (including phenoxy) is 1. The molecule has 0 aliphatic carbocycles. The van der Waals surface area contributed by atoms with Crippen LogP contribution in [0.3, 0.4) is 0 Å². The number of nitrogens with zero attached hydrogens (tertiary/aromatic N) is 1. The van der Waals surface area contributed by atoms with E-state index in [9.17, 15) is 10.0 Å². The summed E-state index contributed by atoms with van der Waals surface area (Å²) >= 11 is 0. The fourth-order valence-electron chi connectivity index (χ4n) is 2.97. The van der Waals surface area contributed by atoms with E-state index in [-0.39, 0.29) is 11.6 Å². The molecule has 0 aromatic heterocycles. The minimum Gasteiger partial charge on any atom is -0.624 e. The Labute approximate surface area is 165 Å². The molecular weight excluding hydrogens is 354 g/mol. The Balaban J connectivity index is 1.82. The van der Waals surface area contributed by atoms with Gasteiger partial charge in [-0.2, -0.15) is 0 Å². The summed E-state index contributed by atoms with van der Waals surface area (Å²) in [6.45, 7) is 5.66. The molecule has 0 saturated carbocycles. The number of benzene rings is 2. The van der Waals surface area contributed by atoms with Crippen LogP contribution in [0.1, 0.15) is 31.9 Å². The first-order valence-electron chi connectivity index (χ1n) is 9.24. The van der Waals surface area contributed by atoms with Gasteiger partial charge in [0.05, 0.1) is 6.04 Å². The van der Waals surface area contributed by atoms with Gasteiger partial charge < -0.3 is 20.3 Å². The third-order valence-corrected chi connectivity index (χ3v) is 4.19. The van der Waals surface area contributed by atoms with Gasteiger partial charge >= 0.3 is 6.09 Å². The molecule has 2 aromatic rings. The van der Waals surface area contributed by atoms with Crippen molar-refractivity contribution >= 4 is 23.6 Å². The van der Waals surface area contributed by atoms with E-state index in [0.717, 1.165) is 16.7 Å². The number of amides is 1. The number of hydrogen-bond donors (Lipinski definition) is 2. The van der Waals surface area contributed by atoms with Gasteiger partial charge in [0.15, 0.2) is 0 Å². The van der Waals surface area contributed by atoms with Crippen molar-refractivity contribution in [3.05, 3.63) is 77.1 Å². The molecule has 6 nitrogen and oxygen atoms in total. The monoisotopic (exact) mass is 379 g/mol. The Hall–Kier alpha value is -2.96. The molecule has 1 aliphatic heterocycles. The van der Waals surface area contributed by atoms with Crippen LogP contribution in [0, 0.1) is 5.21 Å². The molecule has 0 radical (unpaired) electrons. The highest BCUT2D eigenvalue weighted by Gasteiger charge is 2.28. The Morgan fingerprint density at radius 1 is 1.18 bits per heavy atom. The molecule has 1 heterocycles. The van der Waals surface area contributed by atoms with Crippen molar-refractivity contribution in [3.8, 4) is 0 Å². The van der Waals surface area contributed by atoms with Crippen LogP contribution in [-0.2, 0) is 4.74 Å². The lowest BCUT2D eigenvalue weighted by Gasteiger charge is -2.21. The Morgan fingerprint density at radius 2 is 1.86 bits per heavy atom. The molecule has 2 atom stereocenters. The van der Waals surface area contributed by atoms with Gasteiger partial charge in [0.1, 0.15) is 17.5 Å². The molecular formula is C22H25N3O3. The fraction of sp³-hybridized carbons (Fsp3) is 0.273. The van der Waals surface area contributed by atoms with Crippen molar-refractivity contribution in [1.82, 2.24) is 5.32 Å². The number of hydrogen-bond acceptors (Lipinski definition) is 4. The lowest BCUT2D eigenvalue weighted by atomic mass is 10.0. The minimum atomic E-state index is -0.581. The standard InChI is InChI=1S/C22H25N3O3/c1-22(2,3)28-21(26)24-14-19(23-13-16-9-5-4-6-10-16)18-15-25(27)20-12-8-7-11-17(18)20/h4-13,15,19,25H,14H2,1-3H3,(H,24,26)/b23-13-. The van der Waals surface area contributed by atoms with E-state index < -0.39 is 17.7 Å². The second-order valence-corrected chi connectivity index (χ2v) is 7.60. The number of aliphatic imine (C=N–C) groups is 1. The lowest BCUT2D eigenvalue weighted by Crippen LogP contribution is -2.95. The van der Waals surface area contributed by atoms with Gasteiger partial charge in [0, 0.05) is 30.0 Å². The Kier molecular flexibility index (Phi) is 5.92. The van der Waals surface area contributed by atoms with Crippen LogP contribution >= 0.6 is 0 Å². The molecule has 0 saturated heterocycles. The van der Waals surface area contributed by atoms with Crippen LogP contribution in [0.15, 0.2) is 65.8 Å². The van der Waals surface area contributed by atoms with Gasteiger partial charge in [0.25, 0.3) is 0 Å². The molecule has 28 heavy (non-hydrogen) atoms. The van der Waals surface area contributed by atoms with E-state index in [1.54, 1.807) is 18.5 Å². The van der Waals surface area contributed by atoms with Crippen LogP contribution in [-0.4, -0.2) is 30.5 Å². The van der Waals surface area contributed by atoms with Crippen LogP contribution in [0.5, 0.6) is 0 Å². The molecule has 3 rings (SSSR count). The largest absolute Gasteiger partial charge is 0.624 e. The van der Waals surface area contributed by atoms with E-state index in [2.05, 4.69) is 10.3 Å². The molecule has 1 amide bonds. The first-order chi connectivity index (χ1) is 13.3. The van der Waals surface area contributed by atoms with Crippen molar-refractivity contribution in [2.24, 2.45) is 4.99 Å². The molecule has 2 unspecified atom stereocenters. The summed E-state index contributed by atoms with van der Waals surface area (Å²) in [6, 6.07) is 16.7. The molecule has 0 fully saturated rings. The van der Waals surface area contributed by atoms with E-state index >= 15 is 0 Å². The zero-order valence-electron chi connectivity index (χ0n) is 16.3. The molecule has 6 heteroatoms. The van der Waals surface area contributed by atoms with Gasteiger partial charge in [-0.3, -0.25) is 4.99 Å². The summed E-state index contributed by atoms with van der Waals surface area (Å²) in [7, 11) is 0. The van der Waals surface area contributed by atoms with Crippen molar-refractivity contribution < 1.29 is 14.6 Å². The zero-order valence-corrected chi connectivity index (χ0v) is 16.3. The predicted octanol–water partition coefficient (Wildman–Crippen LogP) is 3.07. The highest BCUT2D eigenvalue weighted by atomic mass is 16.6. The average Bonchev–Trinajstić information content (AvgIpc) is 2.98. The maximum absolute atomic E-state index is 12.3. The van der Waals surface area contributed by atoms with Gasteiger partial charge in [0.2, 0.25) is 0 Å². The van der Waals surface area contributed by atoms with Crippen LogP contribution in [0.25, 0.3) is 5.57 Å². The van der Waals surface area contributed by atoms with Gasteiger partial charge in [-0.25, -0.2) is 4.79 Å². The van der Waals surface area contributed by atoms with E-state index in [4.69, 9.17) is 4.74 Å². The number of carbonyl (C=O) groups is 1. The van der Waals surface area contributed by atoms with Gasteiger partial charge in [-0.15, -0.1) is 0 Å². The van der Waals surface area contributed by atoms with E-state index in [1.165, 1.54) is 0 Å². The first kappa shape index (κ1) is 19.8. The maximum Gasteiger partial charge on any atom is 0.407 e. The van der Waals surface area contributed by atoms with Crippen LogP contribution in [0.4, 0.5) is 10.5 Å². The highest BCUT2D eigenvalue weighted by Crippen LogP contribution is 2.28. The number of fused-ring (bicyclic) bond motifs is 1. The molecule has 2 N–H and O–H groups in total. The molecule has 0 spiro atoms. The van der Waals surface area contributed by atoms with Crippen LogP contribution < -0.4 is 10.4 Å². The normalized spacial score (nSPS) is 17.1. The third kappa shape index (κ3) is 5.06. The number of quaternary nitrogens is 1. The lowest BCUT2D eigenvalue weighted by molar-refractivity contribution is -0.710. The summed E-state index contributed by atoms with van der Waals surface area (Å²) in [5, 5.41) is 15.1. The van der Waals surface area contributed by atoms with Crippen molar-refractivity contribution in [2.75, 3.05) is 6.54 Å². The first-order valence-corrected chi connectivity index (χ1v) is 9.24. The van der Waals surface area contributed by atoms with Gasteiger partial charge in [-0.05, 0) is 32.4 Å². The van der Waals surface area contributed by atoms with E-state index in [1.807, 2.05) is 69.3 Å². The molecule has 1 aliphatic rings. The van der Waals surface area contributed by atoms with Crippen LogP contribution in [0.2, 0.25) is 0 Å². The SMILES string of the molecule is CC(C)(C)OC(=O)NCC(/N=C\c1ccccc1)C1=C[NH+]([O-])c2ccccc21. The minimum absolute atomic E-state index is 0.0391. The number of nitrogens with one attached hydrogen (secondary N) is 2. The Bertz CT molecular complexity index is 885. The average molecular weight is 379 g/mol. The number of para-hydroxylation sites is 1. The summed E-state index contributed by atoms with van der Waals surface area (Å²) in [5.41, 5.74) is 2.68. The second-order valence-electron chi connectivity index (χ2n) is 7.60. The summed E-state index contributed by atoms with van der Waals surface area (Å²) < 4.78 is 5.32. The summed E-state index contributed by atoms with van der Waals surface area (Å²) in [4.78, 5) is 16.8. The maximum atomic E-state index is 12.3. The molecule has 2 aromatic carbocycles.